The highest BCUT2D eigenvalue weighted by Gasteiger charge is 2.11. The third-order valence-corrected chi connectivity index (χ3v) is 2.69. The zero-order valence-electron chi connectivity index (χ0n) is 12.0. The topological polar surface area (TPSA) is 41.6 Å². The van der Waals surface area contributed by atoms with Crippen molar-refractivity contribution in [3.63, 3.8) is 0 Å². The quantitative estimate of drug-likeness (QED) is 0.700. The van der Waals surface area contributed by atoms with E-state index in [-0.39, 0.29) is 12.5 Å². The molecule has 0 radical (unpaired) electrons. The number of carbonyl (C=O) groups excluding carboxylic acids is 1. The highest BCUT2D eigenvalue weighted by Crippen LogP contribution is 2.13. The lowest BCUT2D eigenvalue weighted by molar-refractivity contribution is -0.132. The van der Waals surface area contributed by atoms with Crippen molar-refractivity contribution >= 4 is 5.91 Å². The van der Waals surface area contributed by atoms with E-state index < -0.39 is 0 Å². The molecule has 108 valence electrons. The van der Waals surface area contributed by atoms with Crippen LogP contribution in [-0.2, 0) is 11.3 Å². The second-order valence-corrected chi connectivity index (χ2v) is 4.34. The summed E-state index contributed by atoms with van der Waals surface area (Å²) >= 11 is 0. The summed E-state index contributed by atoms with van der Waals surface area (Å²) < 4.78 is 5.54. The summed E-state index contributed by atoms with van der Waals surface area (Å²) in [7, 11) is 1.89. The minimum atomic E-state index is -0.0798. The van der Waals surface area contributed by atoms with Crippen LogP contribution in [-0.4, -0.2) is 37.6 Å². The van der Waals surface area contributed by atoms with Crippen LogP contribution in [0.15, 0.2) is 49.6 Å². The number of nitrogens with zero attached hydrogens (tertiary/aromatic N) is 1. The van der Waals surface area contributed by atoms with Crippen molar-refractivity contribution < 1.29 is 9.53 Å². The van der Waals surface area contributed by atoms with Gasteiger partial charge in [0.05, 0.1) is 0 Å². The van der Waals surface area contributed by atoms with Crippen LogP contribution in [0.5, 0.6) is 5.75 Å². The second kappa shape index (κ2) is 8.93. The highest BCUT2D eigenvalue weighted by atomic mass is 16.5. The fraction of sp³-hybridized carbons (Fsp3) is 0.312. The molecule has 4 heteroatoms. The molecular weight excluding hydrogens is 252 g/mol. The number of amides is 1. The Bertz CT molecular complexity index is 448. The van der Waals surface area contributed by atoms with Crippen LogP contribution in [0.25, 0.3) is 0 Å². The first-order valence-corrected chi connectivity index (χ1v) is 6.57. The summed E-state index contributed by atoms with van der Waals surface area (Å²) in [6.07, 6.45) is 3.38. The van der Waals surface area contributed by atoms with E-state index in [2.05, 4.69) is 18.5 Å². The summed E-state index contributed by atoms with van der Waals surface area (Å²) in [5, 5.41) is 3.07. The van der Waals surface area contributed by atoms with Gasteiger partial charge in [0.15, 0.2) is 6.61 Å². The number of rotatable bonds is 9. The van der Waals surface area contributed by atoms with Gasteiger partial charge in [-0.05, 0) is 24.7 Å². The standard InChI is InChI=1S/C16H22N2O2/c1-4-9-18(10-5-2)16(19)13-20-15-8-6-7-14(11-15)12-17-3/h4-8,11,17H,1-2,9-10,12-13H2,3H3. The predicted octanol–water partition coefficient (Wildman–Crippen LogP) is 1.99. The molecule has 0 saturated heterocycles. The van der Waals surface area contributed by atoms with Crippen LogP contribution < -0.4 is 10.1 Å². The lowest BCUT2D eigenvalue weighted by Crippen LogP contribution is -2.35. The van der Waals surface area contributed by atoms with Gasteiger partial charge in [-0.25, -0.2) is 0 Å². The maximum Gasteiger partial charge on any atom is 0.261 e. The molecule has 0 aliphatic carbocycles. The number of hydrogen-bond acceptors (Lipinski definition) is 3. The van der Waals surface area contributed by atoms with Gasteiger partial charge in [-0.3, -0.25) is 4.79 Å². The molecule has 1 amide bonds. The van der Waals surface area contributed by atoms with Crippen LogP contribution in [0.4, 0.5) is 0 Å². The fourth-order valence-corrected chi connectivity index (χ4v) is 1.78. The Hall–Kier alpha value is -2.07. The van der Waals surface area contributed by atoms with Gasteiger partial charge >= 0.3 is 0 Å². The molecule has 0 bridgehead atoms. The second-order valence-electron chi connectivity index (χ2n) is 4.34. The molecule has 0 aromatic heterocycles. The molecule has 0 unspecified atom stereocenters. The first-order chi connectivity index (χ1) is 9.71. The normalized spacial score (nSPS) is 9.85. The number of nitrogens with one attached hydrogen (secondary N) is 1. The third-order valence-electron chi connectivity index (χ3n) is 2.69. The van der Waals surface area contributed by atoms with Crippen molar-refractivity contribution in [1.82, 2.24) is 10.2 Å². The minimum absolute atomic E-state index is 0.0185. The van der Waals surface area contributed by atoms with E-state index in [1.165, 1.54) is 0 Å². The minimum Gasteiger partial charge on any atom is -0.484 e. The first kappa shape index (κ1) is 16.0. The van der Waals surface area contributed by atoms with Crippen LogP contribution in [0.2, 0.25) is 0 Å². The molecule has 0 atom stereocenters. The average Bonchev–Trinajstić information content (AvgIpc) is 2.45. The summed E-state index contributed by atoms with van der Waals surface area (Å²) in [6.45, 7) is 9.05. The van der Waals surface area contributed by atoms with Gasteiger partial charge in [0.25, 0.3) is 5.91 Å². The largest absolute Gasteiger partial charge is 0.484 e. The Labute approximate surface area is 120 Å². The average molecular weight is 274 g/mol. The highest BCUT2D eigenvalue weighted by molar-refractivity contribution is 5.78. The Morgan fingerprint density at radius 1 is 1.35 bits per heavy atom. The van der Waals surface area contributed by atoms with E-state index in [4.69, 9.17) is 4.74 Å². The maximum atomic E-state index is 12.0. The van der Waals surface area contributed by atoms with Gasteiger partial charge in [0.2, 0.25) is 0 Å². The SMILES string of the molecule is C=CCN(CC=C)C(=O)COc1cccc(CNC)c1. The molecule has 0 fully saturated rings. The van der Waals surface area contributed by atoms with Crippen LogP contribution in [0.1, 0.15) is 5.56 Å². The maximum absolute atomic E-state index is 12.0. The summed E-state index contributed by atoms with van der Waals surface area (Å²) in [5.41, 5.74) is 1.12. The molecule has 1 aromatic carbocycles. The van der Waals surface area contributed by atoms with Gasteiger partial charge < -0.3 is 15.0 Å². The molecule has 1 rings (SSSR count). The third kappa shape index (κ3) is 5.28. The smallest absolute Gasteiger partial charge is 0.261 e. The fourth-order valence-electron chi connectivity index (χ4n) is 1.78. The molecule has 0 spiro atoms. The van der Waals surface area contributed by atoms with E-state index in [1.54, 1.807) is 17.1 Å². The zero-order chi connectivity index (χ0) is 14.8. The number of hydrogen-bond donors (Lipinski definition) is 1. The van der Waals surface area contributed by atoms with Crippen molar-refractivity contribution in [2.75, 3.05) is 26.7 Å². The van der Waals surface area contributed by atoms with Crippen LogP contribution >= 0.6 is 0 Å². The van der Waals surface area contributed by atoms with E-state index in [1.807, 2.05) is 31.3 Å². The summed E-state index contributed by atoms with van der Waals surface area (Å²) in [6, 6.07) is 7.69. The number of benzene rings is 1. The monoisotopic (exact) mass is 274 g/mol. The Kier molecular flexibility index (Phi) is 7.14. The van der Waals surface area contributed by atoms with Gasteiger partial charge in [-0.1, -0.05) is 24.3 Å². The van der Waals surface area contributed by atoms with Crippen molar-refractivity contribution in [2.24, 2.45) is 0 Å². The van der Waals surface area contributed by atoms with Crippen molar-refractivity contribution in [2.45, 2.75) is 6.54 Å². The van der Waals surface area contributed by atoms with Gasteiger partial charge in [-0.15, -0.1) is 13.2 Å². The van der Waals surface area contributed by atoms with E-state index in [0.717, 1.165) is 12.1 Å². The molecule has 0 aliphatic rings. The van der Waals surface area contributed by atoms with Gasteiger partial charge in [0, 0.05) is 19.6 Å². The van der Waals surface area contributed by atoms with Gasteiger partial charge in [0.1, 0.15) is 5.75 Å². The Morgan fingerprint density at radius 2 is 2.05 bits per heavy atom. The Morgan fingerprint density at radius 3 is 2.65 bits per heavy atom. The molecule has 1 N–H and O–H groups in total. The Balaban J connectivity index is 2.56. The van der Waals surface area contributed by atoms with E-state index >= 15 is 0 Å². The van der Waals surface area contributed by atoms with E-state index in [0.29, 0.717) is 18.8 Å². The zero-order valence-corrected chi connectivity index (χ0v) is 12.0. The molecule has 4 nitrogen and oxygen atoms in total. The molecule has 0 saturated carbocycles. The number of carbonyl (C=O) groups is 1. The van der Waals surface area contributed by atoms with Crippen LogP contribution in [0, 0.1) is 0 Å². The molecule has 20 heavy (non-hydrogen) atoms. The summed E-state index contributed by atoms with van der Waals surface area (Å²) in [4.78, 5) is 13.6. The first-order valence-electron chi connectivity index (χ1n) is 6.57. The van der Waals surface area contributed by atoms with Crippen LogP contribution in [0.3, 0.4) is 0 Å². The lowest BCUT2D eigenvalue weighted by atomic mass is 10.2. The molecule has 0 aliphatic heterocycles. The summed E-state index contributed by atoms with van der Waals surface area (Å²) in [5.74, 6) is 0.618. The molecule has 1 aromatic rings. The lowest BCUT2D eigenvalue weighted by Gasteiger charge is -2.19. The van der Waals surface area contributed by atoms with Crippen molar-refractivity contribution in [3.05, 3.63) is 55.1 Å². The van der Waals surface area contributed by atoms with Gasteiger partial charge in [-0.2, -0.15) is 0 Å². The van der Waals surface area contributed by atoms with E-state index in [9.17, 15) is 4.79 Å². The van der Waals surface area contributed by atoms with Crippen molar-refractivity contribution in [3.8, 4) is 5.75 Å². The molecule has 0 heterocycles. The number of ether oxygens (including phenoxy) is 1. The van der Waals surface area contributed by atoms with Crippen molar-refractivity contribution in [1.29, 1.82) is 0 Å². The predicted molar refractivity (Wildman–Crippen MR) is 81.7 cm³/mol. The molecular formula is C16H22N2O2.